The predicted molar refractivity (Wildman–Crippen MR) is 126 cm³/mol. The van der Waals surface area contributed by atoms with Gasteiger partial charge in [-0.05, 0) is 80.5 Å². The molecule has 1 spiro atoms. The molecule has 2 aromatic heterocycles. The molecule has 3 aromatic rings. The monoisotopic (exact) mass is 462 g/mol. The van der Waals surface area contributed by atoms with E-state index in [-0.39, 0.29) is 17.3 Å². The van der Waals surface area contributed by atoms with Crippen LogP contribution in [0.15, 0.2) is 30.6 Å². The second-order valence-corrected chi connectivity index (χ2v) is 10.2. The molecule has 6 rings (SSSR count). The topological polar surface area (TPSA) is 75.6 Å². The van der Waals surface area contributed by atoms with Crippen LogP contribution in [0.5, 0.6) is 0 Å². The summed E-state index contributed by atoms with van der Waals surface area (Å²) >= 11 is 1.40. The van der Waals surface area contributed by atoms with Gasteiger partial charge in [0.15, 0.2) is 0 Å². The molecule has 3 aliphatic rings. The Hall–Kier alpha value is -2.84. The number of pyridine rings is 1. The zero-order valence-corrected chi connectivity index (χ0v) is 19.5. The lowest BCUT2D eigenvalue weighted by atomic mass is 9.77. The maximum atomic E-state index is 13.5. The molecule has 0 saturated carbocycles. The summed E-state index contributed by atoms with van der Waals surface area (Å²) in [6.07, 6.45) is 7.23. The minimum absolute atomic E-state index is 0.209. The number of amides is 1. The van der Waals surface area contributed by atoms with Crippen molar-refractivity contribution in [2.45, 2.75) is 39.2 Å². The van der Waals surface area contributed by atoms with E-state index < -0.39 is 0 Å². The molecule has 0 aliphatic carbocycles. The van der Waals surface area contributed by atoms with Gasteiger partial charge < -0.3 is 14.5 Å². The molecule has 0 N–H and O–H groups in total. The third-order valence-corrected chi connectivity index (χ3v) is 8.71. The first-order chi connectivity index (χ1) is 16.1. The molecular weight excluding hydrogens is 436 g/mol. The van der Waals surface area contributed by atoms with Gasteiger partial charge in [-0.2, -0.15) is 4.37 Å². The number of benzene rings is 1. The zero-order chi connectivity index (χ0) is 22.6. The molecule has 1 amide bonds. The number of aromatic nitrogens is 2. The lowest BCUT2D eigenvalue weighted by molar-refractivity contribution is -0.127. The summed E-state index contributed by atoms with van der Waals surface area (Å²) in [4.78, 5) is 34.0. The molecule has 2 saturated heterocycles. The normalized spacial score (nSPS) is 20.1. The summed E-state index contributed by atoms with van der Waals surface area (Å²) in [5, 5.41) is 1.92. The molecule has 3 aliphatic heterocycles. The fourth-order valence-electron chi connectivity index (χ4n) is 5.60. The van der Waals surface area contributed by atoms with Crippen LogP contribution in [0.1, 0.15) is 46.3 Å². The van der Waals surface area contributed by atoms with Gasteiger partial charge in [0.2, 0.25) is 5.91 Å². The number of carbonyl (C=O) groups is 2. The van der Waals surface area contributed by atoms with Crippen molar-refractivity contribution in [2.24, 2.45) is 5.41 Å². The lowest BCUT2D eigenvalue weighted by Gasteiger charge is -2.38. The first kappa shape index (κ1) is 20.7. The number of ether oxygens (including phenoxy) is 1. The summed E-state index contributed by atoms with van der Waals surface area (Å²) in [6, 6.07) is 5.87. The fraction of sp³-hybridized carbons (Fsp3) is 0.440. The van der Waals surface area contributed by atoms with E-state index >= 15 is 0 Å². The van der Waals surface area contributed by atoms with Gasteiger partial charge in [-0.1, -0.05) is 6.07 Å². The van der Waals surface area contributed by atoms with Crippen LogP contribution in [0.2, 0.25) is 0 Å². The van der Waals surface area contributed by atoms with Crippen LogP contribution in [0.25, 0.3) is 10.9 Å². The van der Waals surface area contributed by atoms with E-state index in [2.05, 4.69) is 27.2 Å². The zero-order valence-electron chi connectivity index (χ0n) is 18.7. The number of rotatable bonds is 4. The van der Waals surface area contributed by atoms with Crippen LogP contribution in [-0.2, 0) is 22.6 Å². The van der Waals surface area contributed by atoms with Crippen molar-refractivity contribution >= 4 is 39.3 Å². The van der Waals surface area contributed by atoms with Gasteiger partial charge in [0.1, 0.15) is 11.6 Å². The molecule has 7 nitrogen and oxygen atoms in total. The smallest absolute Gasteiger partial charge is 0.338 e. The van der Waals surface area contributed by atoms with E-state index in [1.807, 2.05) is 23.2 Å². The van der Waals surface area contributed by atoms with Crippen LogP contribution in [-0.4, -0.2) is 52.3 Å². The predicted octanol–water partition coefficient (Wildman–Crippen LogP) is 3.73. The molecule has 1 aromatic carbocycles. The van der Waals surface area contributed by atoms with Crippen LogP contribution >= 0.6 is 11.5 Å². The second-order valence-electron chi connectivity index (χ2n) is 9.41. The molecule has 5 heterocycles. The minimum Gasteiger partial charge on any atom is -0.457 e. The highest BCUT2D eigenvalue weighted by molar-refractivity contribution is 7.12. The van der Waals surface area contributed by atoms with Crippen molar-refractivity contribution in [2.75, 3.05) is 31.1 Å². The highest BCUT2D eigenvalue weighted by Crippen LogP contribution is 2.45. The molecule has 0 unspecified atom stereocenters. The average molecular weight is 463 g/mol. The second kappa shape index (κ2) is 7.88. The number of fused-ring (bicyclic) bond motifs is 2. The Balaban J connectivity index is 1.10. The Morgan fingerprint density at radius 2 is 1.94 bits per heavy atom. The maximum Gasteiger partial charge on any atom is 0.338 e. The summed E-state index contributed by atoms with van der Waals surface area (Å²) < 4.78 is 9.69. The number of anilines is 1. The Bertz CT molecular complexity index is 1260. The number of nitrogens with zero attached hydrogens (tertiary/aromatic N) is 4. The number of hydrogen-bond acceptors (Lipinski definition) is 7. The number of hydrogen-bond donors (Lipinski definition) is 0. The third-order valence-electron chi connectivity index (χ3n) is 7.81. The van der Waals surface area contributed by atoms with E-state index in [4.69, 9.17) is 4.74 Å². The molecule has 33 heavy (non-hydrogen) atoms. The number of cyclic esters (lactones) is 1. The Labute approximate surface area is 196 Å². The summed E-state index contributed by atoms with van der Waals surface area (Å²) in [5.41, 5.74) is 4.88. The van der Waals surface area contributed by atoms with Crippen LogP contribution < -0.4 is 4.90 Å². The van der Waals surface area contributed by atoms with Gasteiger partial charge >= 0.3 is 5.97 Å². The van der Waals surface area contributed by atoms with Crippen molar-refractivity contribution in [1.82, 2.24) is 14.3 Å². The lowest BCUT2D eigenvalue weighted by Crippen LogP contribution is -2.45. The number of piperidine rings is 1. The first-order valence-electron chi connectivity index (χ1n) is 11.6. The molecule has 0 radical (unpaired) electrons. The van der Waals surface area contributed by atoms with Gasteiger partial charge in [-0.3, -0.25) is 9.78 Å². The molecule has 170 valence electrons. The largest absolute Gasteiger partial charge is 0.457 e. The van der Waals surface area contributed by atoms with Crippen LogP contribution in [0, 0.1) is 12.3 Å². The van der Waals surface area contributed by atoms with E-state index in [1.54, 1.807) is 6.20 Å². The Morgan fingerprint density at radius 3 is 2.79 bits per heavy atom. The van der Waals surface area contributed by atoms with Gasteiger partial charge in [-0.15, -0.1) is 0 Å². The highest BCUT2D eigenvalue weighted by atomic mass is 32.1. The van der Waals surface area contributed by atoms with Gasteiger partial charge in [0, 0.05) is 31.0 Å². The number of carbonyl (C=O) groups excluding carboxylic acids is 2. The van der Waals surface area contributed by atoms with Gasteiger partial charge in [0.05, 0.1) is 21.9 Å². The maximum absolute atomic E-state index is 13.5. The van der Waals surface area contributed by atoms with E-state index in [1.165, 1.54) is 22.7 Å². The Morgan fingerprint density at radius 1 is 1.12 bits per heavy atom. The minimum atomic E-state index is -0.240. The molecule has 0 atom stereocenters. The number of esters is 1. The third kappa shape index (κ3) is 3.35. The van der Waals surface area contributed by atoms with E-state index in [0.717, 1.165) is 73.3 Å². The van der Waals surface area contributed by atoms with E-state index in [0.29, 0.717) is 12.2 Å². The summed E-state index contributed by atoms with van der Waals surface area (Å²) in [7, 11) is 0. The van der Waals surface area contributed by atoms with Gasteiger partial charge in [0.25, 0.3) is 0 Å². The molecule has 0 bridgehead atoms. The van der Waals surface area contributed by atoms with Crippen molar-refractivity contribution in [3.63, 3.8) is 0 Å². The van der Waals surface area contributed by atoms with Crippen LogP contribution in [0.4, 0.5) is 5.00 Å². The quantitative estimate of drug-likeness (QED) is 0.550. The highest BCUT2D eigenvalue weighted by Gasteiger charge is 2.49. The summed E-state index contributed by atoms with van der Waals surface area (Å²) in [5.74, 6) is 0.0505. The van der Waals surface area contributed by atoms with E-state index in [9.17, 15) is 9.59 Å². The SMILES string of the molecule is Cc1c(CCN2CCC3(CC2)CCN(c2snc4ccncc24)C3=O)ccc2c1COC2=O. The van der Waals surface area contributed by atoms with Gasteiger partial charge in [-0.25, -0.2) is 4.79 Å². The Kier molecular flexibility index (Phi) is 4.96. The molecule has 8 heteroatoms. The molecular formula is C25H26N4O3S. The summed E-state index contributed by atoms with van der Waals surface area (Å²) in [6.45, 7) is 6.09. The van der Waals surface area contributed by atoms with Crippen molar-refractivity contribution < 1.29 is 14.3 Å². The van der Waals surface area contributed by atoms with Crippen molar-refractivity contribution in [3.8, 4) is 0 Å². The van der Waals surface area contributed by atoms with Crippen molar-refractivity contribution in [3.05, 3.63) is 52.8 Å². The fourth-order valence-corrected chi connectivity index (χ4v) is 6.47. The average Bonchev–Trinajstić information content (AvgIpc) is 3.52. The van der Waals surface area contributed by atoms with Crippen molar-refractivity contribution in [1.29, 1.82) is 0 Å². The standard InChI is InChI=1S/C25H26N4O3S/c1-16-17(2-3-18-20(16)15-32-23(18)30)5-10-28-11-6-25(7-12-28)8-13-29(24(25)31)22-19-14-26-9-4-21(19)27-33-22/h2-4,9,14H,5-8,10-13,15H2,1H3. The first-order valence-corrected chi connectivity index (χ1v) is 12.4. The van der Waals surface area contributed by atoms with Crippen LogP contribution in [0.3, 0.4) is 0 Å². The number of likely N-dealkylation sites (tertiary alicyclic amines) is 1. The molecule has 2 fully saturated rings.